The highest BCUT2D eigenvalue weighted by molar-refractivity contribution is 6.07. The van der Waals surface area contributed by atoms with Crippen LogP contribution in [0.3, 0.4) is 0 Å². The van der Waals surface area contributed by atoms with E-state index in [0.29, 0.717) is 5.56 Å². The molecule has 0 aliphatic heterocycles. The maximum atomic E-state index is 12.1. The number of rotatable bonds is 5. The Bertz CT molecular complexity index is 639. The number of carbonyl (C=O) groups is 1. The van der Waals surface area contributed by atoms with Crippen molar-refractivity contribution in [2.24, 2.45) is 5.10 Å². The van der Waals surface area contributed by atoms with E-state index in [0.717, 1.165) is 23.6 Å². The Balaban J connectivity index is 2.08. The van der Waals surface area contributed by atoms with Gasteiger partial charge in [0.25, 0.3) is 5.91 Å². The quantitative estimate of drug-likeness (QED) is 0.647. The predicted octanol–water partition coefficient (Wildman–Crippen LogP) is 3.91. The average molecular weight is 266 g/mol. The van der Waals surface area contributed by atoms with Gasteiger partial charge < -0.3 is 0 Å². The number of hydrogen-bond donors (Lipinski definition) is 1. The SMILES string of the molecule is CCC/C=C/C=N/NC(=O)c1cccc2ccccc12. The van der Waals surface area contributed by atoms with Crippen molar-refractivity contribution >= 4 is 22.9 Å². The molecule has 0 unspecified atom stereocenters. The lowest BCUT2D eigenvalue weighted by atomic mass is 10.0. The van der Waals surface area contributed by atoms with E-state index in [1.54, 1.807) is 12.3 Å². The normalized spacial score (nSPS) is 11.4. The lowest BCUT2D eigenvalue weighted by Crippen LogP contribution is -2.17. The van der Waals surface area contributed by atoms with Crippen LogP contribution in [0.25, 0.3) is 10.8 Å². The Morgan fingerprint density at radius 3 is 2.85 bits per heavy atom. The van der Waals surface area contributed by atoms with Crippen LogP contribution >= 0.6 is 0 Å². The van der Waals surface area contributed by atoms with E-state index in [1.807, 2.05) is 48.6 Å². The first-order valence-electron chi connectivity index (χ1n) is 6.79. The zero-order chi connectivity index (χ0) is 14.2. The van der Waals surface area contributed by atoms with E-state index in [-0.39, 0.29) is 5.91 Å². The number of hydrogen-bond acceptors (Lipinski definition) is 2. The summed E-state index contributed by atoms with van der Waals surface area (Å²) >= 11 is 0. The number of hydrazone groups is 1. The molecule has 20 heavy (non-hydrogen) atoms. The first-order valence-corrected chi connectivity index (χ1v) is 6.79. The minimum absolute atomic E-state index is 0.193. The van der Waals surface area contributed by atoms with Crippen LogP contribution < -0.4 is 5.43 Å². The summed E-state index contributed by atoms with van der Waals surface area (Å²) in [6.45, 7) is 2.11. The second-order valence-electron chi connectivity index (χ2n) is 4.46. The highest BCUT2D eigenvalue weighted by Gasteiger charge is 2.07. The van der Waals surface area contributed by atoms with Crippen molar-refractivity contribution in [3.05, 3.63) is 60.2 Å². The highest BCUT2D eigenvalue weighted by Crippen LogP contribution is 2.18. The van der Waals surface area contributed by atoms with Crippen LogP contribution in [0.5, 0.6) is 0 Å². The van der Waals surface area contributed by atoms with E-state index >= 15 is 0 Å². The lowest BCUT2D eigenvalue weighted by Gasteiger charge is -2.04. The third-order valence-electron chi connectivity index (χ3n) is 2.95. The van der Waals surface area contributed by atoms with Crippen molar-refractivity contribution < 1.29 is 4.79 Å². The molecule has 0 spiro atoms. The topological polar surface area (TPSA) is 41.5 Å². The number of nitrogens with zero attached hydrogens (tertiary/aromatic N) is 1. The van der Waals surface area contributed by atoms with Crippen molar-refractivity contribution in [1.29, 1.82) is 0 Å². The van der Waals surface area contributed by atoms with Crippen molar-refractivity contribution in [2.45, 2.75) is 19.8 Å². The van der Waals surface area contributed by atoms with E-state index in [2.05, 4.69) is 17.5 Å². The van der Waals surface area contributed by atoms with Gasteiger partial charge in [-0.3, -0.25) is 4.79 Å². The first kappa shape index (κ1) is 14.0. The number of carbonyl (C=O) groups excluding carboxylic acids is 1. The monoisotopic (exact) mass is 266 g/mol. The second-order valence-corrected chi connectivity index (χ2v) is 4.46. The molecule has 2 aromatic rings. The van der Waals surface area contributed by atoms with Gasteiger partial charge in [-0.05, 0) is 29.3 Å². The number of nitrogens with one attached hydrogen (secondary N) is 1. The third-order valence-corrected chi connectivity index (χ3v) is 2.95. The number of unbranched alkanes of at least 4 members (excludes halogenated alkanes) is 1. The van der Waals surface area contributed by atoms with E-state index < -0.39 is 0 Å². The maximum absolute atomic E-state index is 12.1. The molecule has 0 radical (unpaired) electrons. The molecule has 3 heteroatoms. The molecular weight excluding hydrogens is 248 g/mol. The fraction of sp³-hybridized carbons (Fsp3) is 0.176. The molecule has 2 aromatic carbocycles. The van der Waals surface area contributed by atoms with Gasteiger partial charge in [-0.15, -0.1) is 0 Å². The zero-order valence-corrected chi connectivity index (χ0v) is 11.5. The van der Waals surface area contributed by atoms with Crippen LogP contribution in [-0.4, -0.2) is 12.1 Å². The summed E-state index contributed by atoms with van der Waals surface area (Å²) in [6.07, 6.45) is 7.58. The Morgan fingerprint density at radius 1 is 1.20 bits per heavy atom. The molecule has 0 heterocycles. The van der Waals surface area contributed by atoms with Crippen LogP contribution in [-0.2, 0) is 0 Å². The van der Waals surface area contributed by atoms with E-state index in [1.165, 1.54) is 0 Å². The first-order chi connectivity index (χ1) is 9.83. The summed E-state index contributed by atoms with van der Waals surface area (Å²) < 4.78 is 0. The van der Waals surface area contributed by atoms with E-state index in [4.69, 9.17) is 0 Å². The van der Waals surface area contributed by atoms with Crippen molar-refractivity contribution in [1.82, 2.24) is 5.43 Å². The average Bonchev–Trinajstić information content (AvgIpc) is 2.50. The standard InChI is InChI=1S/C17H18N2O/c1-2-3-4-7-13-18-19-17(20)16-12-8-10-14-9-5-6-11-15(14)16/h4-13H,2-3H2,1H3,(H,19,20)/b7-4+,18-13+. The predicted molar refractivity (Wildman–Crippen MR) is 84.0 cm³/mol. The lowest BCUT2D eigenvalue weighted by molar-refractivity contribution is 0.0957. The van der Waals surface area contributed by atoms with Gasteiger partial charge in [0.2, 0.25) is 0 Å². The number of amides is 1. The van der Waals surface area contributed by atoms with Crippen LogP contribution in [0.4, 0.5) is 0 Å². The van der Waals surface area contributed by atoms with Gasteiger partial charge in [0, 0.05) is 11.8 Å². The molecule has 3 nitrogen and oxygen atoms in total. The zero-order valence-electron chi connectivity index (χ0n) is 11.5. The Hall–Kier alpha value is -2.42. The molecule has 0 bridgehead atoms. The smallest absolute Gasteiger partial charge is 0.267 e. The van der Waals surface area contributed by atoms with Crippen LogP contribution in [0, 0.1) is 0 Å². The molecule has 2 rings (SSSR count). The van der Waals surface area contributed by atoms with Gasteiger partial charge in [-0.25, -0.2) is 5.43 Å². The summed E-state index contributed by atoms with van der Waals surface area (Å²) in [4.78, 5) is 12.1. The molecule has 0 aromatic heterocycles. The Kier molecular flexibility index (Phi) is 5.07. The summed E-state index contributed by atoms with van der Waals surface area (Å²) in [7, 11) is 0. The molecule has 0 saturated carbocycles. The van der Waals surface area contributed by atoms with Crippen LogP contribution in [0.2, 0.25) is 0 Å². The number of allylic oxidation sites excluding steroid dienone is 2. The number of benzene rings is 2. The van der Waals surface area contributed by atoms with Crippen LogP contribution in [0.1, 0.15) is 30.1 Å². The third kappa shape index (κ3) is 3.54. The van der Waals surface area contributed by atoms with E-state index in [9.17, 15) is 4.79 Å². The minimum Gasteiger partial charge on any atom is -0.267 e. The fourth-order valence-corrected chi connectivity index (χ4v) is 1.95. The molecule has 1 N–H and O–H groups in total. The van der Waals surface area contributed by atoms with Gasteiger partial charge in [0.1, 0.15) is 0 Å². The molecule has 102 valence electrons. The van der Waals surface area contributed by atoms with Gasteiger partial charge in [0.05, 0.1) is 0 Å². The molecular formula is C17H18N2O. The van der Waals surface area contributed by atoms with Gasteiger partial charge >= 0.3 is 0 Å². The Morgan fingerprint density at radius 2 is 2.00 bits per heavy atom. The fourth-order valence-electron chi connectivity index (χ4n) is 1.95. The maximum Gasteiger partial charge on any atom is 0.271 e. The van der Waals surface area contributed by atoms with Crippen molar-refractivity contribution in [3.8, 4) is 0 Å². The highest BCUT2D eigenvalue weighted by atomic mass is 16.2. The van der Waals surface area contributed by atoms with Gasteiger partial charge in [-0.1, -0.05) is 55.8 Å². The molecule has 0 fully saturated rings. The van der Waals surface area contributed by atoms with Crippen LogP contribution in [0.15, 0.2) is 59.7 Å². The summed E-state index contributed by atoms with van der Waals surface area (Å²) in [5.41, 5.74) is 3.18. The Labute approximate surface area is 119 Å². The minimum atomic E-state index is -0.193. The molecule has 1 amide bonds. The molecule has 0 saturated heterocycles. The van der Waals surface area contributed by atoms with Crippen molar-refractivity contribution in [3.63, 3.8) is 0 Å². The molecule has 0 atom stereocenters. The summed E-state index contributed by atoms with van der Waals surface area (Å²) in [5, 5.41) is 5.90. The second kappa shape index (κ2) is 7.24. The molecule has 0 aliphatic rings. The number of fused-ring (bicyclic) bond motifs is 1. The van der Waals surface area contributed by atoms with Gasteiger partial charge in [-0.2, -0.15) is 5.10 Å². The molecule has 0 aliphatic carbocycles. The van der Waals surface area contributed by atoms with Gasteiger partial charge in [0.15, 0.2) is 0 Å². The van der Waals surface area contributed by atoms with Crippen molar-refractivity contribution in [2.75, 3.05) is 0 Å². The largest absolute Gasteiger partial charge is 0.271 e. The summed E-state index contributed by atoms with van der Waals surface area (Å²) in [6, 6.07) is 13.5. The summed E-state index contributed by atoms with van der Waals surface area (Å²) in [5.74, 6) is -0.193.